The number of carbonyl (C=O) groups is 1. The summed E-state index contributed by atoms with van der Waals surface area (Å²) in [5.41, 5.74) is 1.82. The number of pyridine rings is 1. The summed E-state index contributed by atoms with van der Waals surface area (Å²) in [6.45, 7) is 0. The van der Waals surface area contributed by atoms with E-state index in [1.54, 1.807) is 35.9 Å². The van der Waals surface area contributed by atoms with E-state index in [1.165, 1.54) is 0 Å². The van der Waals surface area contributed by atoms with Crippen LogP contribution in [0, 0.1) is 0 Å². The molecule has 0 spiro atoms. The van der Waals surface area contributed by atoms with Gasteiger partial charge in [0.15, 0.2) is 0 Å². The third kappa shape index (κ3) is 2.71. The molecule has 106 valence electrons. The van der Waals surface area contributed by atoms with Crippen molar-refractivity contribution < 1.29 is 9.63 Å². The third-order valence-corrected chi connectivity index (χ3v) is 4.19. The molecular formula is C15H13N3O2S. The predicted molar refractivity (Wildman–Crippen MR) is 83.5 cm³/mol. The van der Waals surface area contributed by atoms with Gasteiger partial charge in [0.1, 0.15) is 5.71 Å². The molecule has 0 fully saturated rings. The fourth-order valence-corrected chi connectivity index (χ4v) is 2.80. The minimum absolute atomic E-state index is 0.429. The molecule has 21 heavy (non-hydrogen) atoms. The molecule has 2 aromatic heterocycles. The van der Waals surface area contributed by atoms with Crippen LogP contribution in [0.3, 0.4) is 0 Å². The molecule has 0 amide bonds. The number of nitrogens with zero attached hydrogens (tertiary/aromatic N) is 3. The van der Waals surface area contributed by atoms with Crippen molar-refractivity contribution in [3.63, 3.8) is 0 Å². The van der Waals surface area contributed by atoms with Gasteiger partial charge in [0.25, 0.3) is 0 Å². The molecule has 0 saturated carbocycles. The summed E-state index contributed by atoms with van der Waals surface area (Å²) >= 11 is 1.60. The van der Waals surface area contributed by atoms with Gasteiger partial charge < -0.3 is 9.74 Å². The Bertz CT molecular complexity index is 732. The average molecular weight is 299 g/mol. The van der Waals surface area contributed by atoms with E-state index in [4.69, 9.17) is 4.84 Å². The second-order valence-corrected chi connectivity index (χ2v) is 5.78. The first-order chi connectivity index (χ1) is 10.1. The zero-order valence-corrected chi connectivity index (χ0v) is 12.4. The third-order valence-electron chi connectivity index (χ3n) is 2.99. The van der Waals surface area contributed by atoms with Gasteiger partial charge in [-0.25, -0.2) is 4.79 Å². The lowest BCUT2D eigenvalue weighted by Gasteiger charge is -2.06. The van der Waals surface area contributed by atoms with Crippen LogP contribution in [0.2, 0.25) is 0 Å². The Morgan fingerprint density at radius 2 is 1.95 bits per heavy atom. The summed E-state index contributed by atoms with van der Waals surface area (Å²) in [4.78, 5) is 23.7. The van der Waals surface area contributed by atoms with Crippen molar-refractivity contribution in [2.75, 3.05) is 19.0 Å². The lowest BCUT2D eigenvalue weighted by Crippen LogP contribution is -2.06. The quantitative estimate of drug-likeness (QED) is 0.645. The highest BCUT2D eigenvalue weighted by molar-refractivity contribution is 7.17. The van der Waals surface area contributed by atoms with Crippen LogP contribution in [0.1, 0.15) is 10.4 Å². The summed E-state index contributed by atoms with van der Waals surface area (Å²) in [7, 11) is 3.97. The highest BCUT2D eigenvalue weighted by atomic mass is 32.1. The smallest absolute Gasteiger partial charge is 0.368 e. The summed E-state index contributed by atoms with van der Waals surface area (Å²) in [6.07, 6.45) is 5.13. The normalized spacial score (nSPS) is 16.0. The second kappa shape index (κ2) is 5.49. The molecule has 3 rings (SSSR count). The van der Waals surface area contributed by atoms with Gasteiger partial charge in [0, 0.05) is 36.9 Å². The van der Waals surface area contributed by atoms with Crippen molar-refractivity contribution in [1.29, 1.82) is 0 Å². The maximum atomic E-state index is 11.9. The van der Waals surface area contributed by atoms with Crippen LogP contribution < -0.4 is 4.90 Å². The van der Waals surface area contributed by atoms with Gasteiger partial charge >= 0.3 is 5.97 Å². The minimum Gasteiger partial charge on any atom is -0.370 e. The van der Waals surface area contributed by atoms with Crippen molar-refractivity contribution in [2.45, 2.75) is 0 Å². The molecule has 0 bridgehead atoms. The molecule has 0 unspecified atom stereocenters. The monoisotopic (exact) mass is 299 g/mol. The first-order valence-electron chi connectivity index (χ1n) is 6.34. The molecule has 0 N–H and O–H groups in total. The van der Waals surface area contributed by atoms with Gasteiger partial charge in [0.2, 0.25) is 0 Å². The standard InChI is InChI=1S/C15H13N3O2S/c1-18(2)13-4-3-11(21-13)9-12-14(17-20-15(12)19)10-5-7-16-8-6-10/h3-9H,1-2H3. The first-order valence-corrected chi connectivity index (χ1v) is 7.16. The second-order valence-electron chi connectivity index (χ2n) is 4.68. The van der Waals surface area contributed by atoms with Crippen LogP contribution in [0.15, 0.2) is 47.4 Å². The van der Waals surface area contributed by atoms with Crippen LogP contribution in [0.25, 0.3) is 6.08 Å². The topological polar surface area (TPSA) is 54.8 Å². The molecule has 0 radical (unpaired) electrons. The number of aromatic nitrogens is 1. The van der Waals surface area contributed by atoms with E-state index < -0.39 is 5.97 Å². The van der Waals surface area contributed by atoms with Gasteiger partial charge in [-0.3, -0.25) is 4.98 Å². The molecule has 6 heteroatoms. The fraction of sp³-hybridized carbons (Fsp3) is 0.133. The van der Waals surface area contributed by atoms with Gasteiger partial charge in [0.05, 0.1) is 10.6 Å². The van der Waals surface area contributed by atoms with Crippen LogP contribution in [-0.2, 0) is 9.63 Å². The van der Waals surface area contributed by atoms with Crippen molar-refractivity contribution in [2.24, 2.45) is 5.16 Å². The molecule has 1 aliphatic rings. The fourth-order valence-electron chi connectivity index (χ4n) is 1.93. The van der Waals surface area contributed by atoms with E-state index in [0.29, 0.717) is 11.3 Å². The Balaban J connectivity index is 1.96. The highest BCUT2D eigenvalue weighted by Crippen LogP contribution is 2.28. The van der Waals surface area contributed by atoms with E-state index >= 15 is 0 Å². The Morgan fingerprint density at radius 3 is 2.62 bits per heavy atom. The number of oxime groups is 1. The molecule has 2 aromatic rings. The highest BCUT2D eigenvalue weighted by Gasteiger charge is 2.26. The van der Waals surface area contributed by atoms with Gasteiger partial charge in [-0.15, -0.1) is 11.3 Å². The Kier molecular flexibility index (Phi) is 3.53. The van der Waals surface area contributed by atoms with E-state index in [0.717, 1.165) is 15.4 Å². The van der Waals surface area contributed by atoms with Crippen LogP contribution >= 0.6 is 11.3 Å². The van der Waals surface area contributed by atoms with E-state index in [9.17, 15) is 4.79 Å². The van der Waals surface area contributed by atoms with Crippen molar-refractivity contribution in [3.05, 3.63) is 52.7 Å². The lowest BCUT2D eigenvalue weighted by atomic mass is 10.0. The van der Waals surface area contributed by atoms with Gasteiger partial charge in [-0.05, 0) is 30.3 Å². The lowest BCUT2D eigenvalue weighted by molar-refractivity contribution is -0.136. The average Bonchev–Trinajstić information content (AvgIpc) is 3.09. The summed E-state index contributed by atoms with van der Waals surface area (Å²) in [6, 6.07) is 7.59. The Hall–Kier alpha value is -2.47. The zero-order chi connectivity index (χ0) is 14.8. The van der Waals surface area contributed by atoms with Crippen molar-refractivity contribution in [1.82, 2.24) is 4.98 Å². The number of hydrogen-bond donors (Lipinski definition) is 0. The summed E-state index contributed by atoms with van der Waals surface area (Å²) < 4.78 is 0. The minimum atomic E-state index is -0.429. The Morgan fingerprint density at radius 1 is 1.19 bits per heavy atom. The summed E-state index contributed by atoms with van der Waals surface area (Å²) in [5.74, 6) is -0.429. The zero-order valence-electron chi connectivity index (χ0n) is 11.6. The SMILES string of the molecule is CN(C)c1ccc(C=C2C(=O)ON=C2c2ccncc2)s1. The molecule has 0 atom stereocenters. The van der Waals surface area contributed by atoms with Gasteiger partial charge in [-0.1, -0.05) is 5.16 Å². The molecule has 3 heterocycles. The Labute approximate surface area is 126 Å². The number of hydrogen-bond acceptors (Lipinski definition) is 6. The van der Waals surface area contributed by atoms with Crippen LogP contribution in [-0.4, -0.2) is 30.8 Å². The number of carbonyl (C=O) groups excluding carboxylic acids is 1. The summed E-state index contributed by atoms with van der Waals surface area (Å²) in [5, 5.41) is 4.99. The predicted octanol–water partition coefficient (Wildman–Crippen LogP) is 2.55. The maximum absolute atomic E-state index is 11.9. The molecule has 5 nitrogen and oxygen atoms in total. The molecule has 1 aliphatic heterocycles. The van der Waals surface area contributed by atoms with Crippen molar-refractivity contribution >= 4 is 34.1 Å². The number of anilines is 1. The number of rotatable bonds is 3. The van der Waals surface area contributed by atoms with Gasteiger partial charge in [-0.2, -0.15) is 0 Å². The van der Waals surface area contributed by atoms with Crippen LogP contribution in [0.4, 0.5) is 5.00 Å². The van der Waals surface area contributed by atoms with Crippen LogP contribution in [0.5, 0.6) is 0 Å². The largest absolute Gasteiger partial charge is 0.370 e. The first kappa shape index (κ1) is 13.5. The van der Waals surface area contributed by atoms with E-state index in [-0.39, 0.29) is 0 Å². The molecule has 0 aromatic carbocycles. The van der Waals surface area contributed by atoms with E-state index in [1.807, 2.05) is 37.2 Å². The molecule has 0 aliphatic carbocycles. The maximum Gasteiger partial charge on any atom is 0.368 e. The van der Waals surface area contributed by atoms with E-state index in [2.05, 4.69) is 10.1 Å². The number of thiophene rings is 1. The molecule has 0 saturated heterocycles. The molecular weight excluding hydrogens is 286 g/mol. The van der Waals surface area contributed by atoms with Crippen molar-refractivity contribution in [3.8, 4) is 0 Å².